The van der Waals surface area contributed by atoms with Crippen LogP contribution in [0.2, 0.25) is 0 Å². The second-order valence-corrected chi connectivity index (χ2v) is 8.50. The van der Waals surface area contributed by atoms with Crippen molar-refractivity contribution in [2.45, 2.75) is 23.8 Å². The number of fused-ring (bicyclic) bond motifs is 1. The fraction of sp³-hybridized carbons (Fsp3) is 0.211. The van der Waals surface area contributed by atoms with Crippen molar-refractivity contribution in [2.75, 3.05) is 12.3 Å². The molecule has 0 saturated carbocycles. The number of carbonyl (C=O) groups is 1. The van der Waals surface area contributed by atoms with E-state index < -0.39 is 38.5 Å². The lowest BCUT2D eigenvalue weighted by Crippen LogP contribution is -2.43. The van der Waals surface area contributed by atoms with E-state index >= 15 is 4.39 Å². The molecule has 0 bridgehead atoms. The number of anilines is 1. The molecule has 1 aromatic heterocycles. The van der Waals surface area contributed by atoms with Crippen LogP contribution in [0.25, 0.3) is 22.0 Å². The fourth-order valence-electron chi connectivity index (χ4n) is 3.38. The summed E-state index contributed by atoms with van der Waals surface area (Å²) in [5, 5.41) is 3.17. The topological polar surface area (TPSA) is 127 Å². The number of sulfonamides is 1. The number of rotatable bonds is 4. The number of nitrogen functional groups attached to an aromatic ring is 1. The van der Waals surface area contributed by atoms with E-state index in [2.05, 4.69) is 15.3 Å². The van der Waals surface area contributed by atoms with E-state index in [-0.39, 0.29) is 22.5 Å². The Labute approximate surface area is 170 Å². The van der Waals surface area contributed by atoms with Crippen LogP contribution < -0.4 is 15.8 Å². The minimum absolute atomic E-state index is 0.000774. The number of halogens is 2. The molecule has 30 heavy (non-hydrogen) atoms. The predicted molar refractivity (Wildman–Crippen MR) is 106 cm³/mol. The Bertz CT molecular complexity index is 1260. The summed E-state index contributed by atoms with van der Waals surface area (Å²) in [6.07, 6.45) is 2.33. The average molecular weight is 433 g/mol. The van der Waals surface area contributed by atoms with Gasteiger partial charge >= 0.3 is 0 Å². The van der Waals surface area contributed by atoms with Gasteiger partial charge < -0.3 is 11.1 Å². The fourth-order valence-corrected chi connectivity index (χ4v) is 4.51. The van der Waals surface area contributed by atoms with Crippen molar-refractivity contribution in [3.8, 4) is 11.1 Å². The van der Waals surface area contributed by atoms with E-state index in [1.165, 1.54) is 18.2 Å². The molecule has 0 unspecified atom stereocenters. The second-order valence-electron chi connectivity index (χ2n) is 6.85. The van der Waals surface area contributed by atoms with Crippen LogP contribution in [0.3, 0.4) is 0 Å². The van der Waals surface area contributed by atoms with Gasteiger partial charge in [-0.15, -0.1) is 0 Å². The van der Waals surface area contributed by atoms with Gasteiger partial charge in [0, 0.05) is 10.9 Å². The maximum atomic E-state index is 15.0. The number of hydrogen-bond acceptors (Lipinski definition) is 7. The van der Waals surface area contributed by atoms with Gasteiger partial charge in [0.1, 0.15) is 28.4 Å². The molecule has 8 nitrogen and oxygen atoms in total. The predicted octanol–water partition coefficient (Wildman–Crippen LogP) is 1.71. The summed E-state index contributed by atoms with van der Waals surface area (Å²) in [5.41, 5.74) is 5.77. The highest BCUT2D eigenvalue weighted by Crippen LogP contribution is 2.31. The summed E-state index contributed by atoms with van der Waals surface area (Å²) >= 11 is 0. The van der Waals surface area contributed by atoms with E-state index in [4.69, 9.17) is 5.73 Å². The van der Waals surface area contributed by atoms with E-state index in [1.54, 1.807) is 0 Å². The van der Waals surface area contributed by atoms with Crippen LogP contribution in [0, 0.1) is 11.6 Å². The molecule has 1 aliphatic heterocycles. The van der Waals surface area contributed by atoms with Crippen LogP contribution in [0.15, 0.2) is 41.6 Å². The van der Waals surface area contributed by atoms with Crippen molar-refractivity contribution in [1.29, 1.82) is 0 Å². The standard InChI is InChI=1S/C19H17F2N5O3S/c20-13-6-3-10(11-4-5-12-17(16(11)21)24-9-25-18(12)22)8-15(13)30(28,29)26-19(27)14-2-1-7-23-14/h3-6,8-9,14,23H,1-2,7H2,(H,26,27)(H2,22,24,25)/t14-/m0/s1. The van der Waals surface area contributed by atoms with Crippen molar-refractivity contribution in [3.05, 3.63) is 48.3 Å². The molecule has 0 aliphatic carbocycles. The largest absolute Gasteiger partial charge is 0.383 e. The highest BCUT2D eigenvalue weighted by molar-refractivity contribution is 7.90. The Kier molecular flexibility index (Phi) is 5.08. The highest BCUT2D eigenvalue weighted by Gasteiger charge is 2.29. The van der Waals surface area contributed by atoms with Crippen molar-refractivity contribution in [1.82, 2.24) is 20.0 Å². The van der Waals surface area contributed by atoms with Gasteiger partial charge in [-0.1, -0.05) is 12.1 Å². The zero-order chi connectivity index (χ0) is 21.5. The van der Waals surface area contributed by atoms with E-state index in [9.17, 15) is 17.6 Å². The third-order valence-electron chi connectivity index (χ3n) is 4.92. The van der Waals surface area contributed by atoms with Crippen molar-refractivity contribution in [3.63, 3.8) is 0 Å². The van der Waals surface area contributed by atoms with Crippen LogP contribution in [-0.2, 0) is 14.8 Å². The van der Waals surface area contributed by atoms with Gasteiger partial charge in [-0.3, -0.25) is 4.79 Å². The number of benzene rings is 2. The van der Waals surface area contributed by atoms with Crippen LogP contribution >= 0.6 is 0 Å². The molecule has 1 aliphatic rings. The van der Waals surface area contributed by atoms with Crippen molar-refractivity contribution < 1.29 is 22.0 Å². The molecule has 1 fully saturated rings. The van der Waals surface area contributed by atoms with Crippen LogP contribution in [0.5, 0.6) is 0 Å². The van der Waals surface area contributed by atoms with E-state index in [0.717, 1.165) is 24.9 Å². The maximum absolute atomic E-state index is 15.0. The molecule has 2 aromatic carbocycles. The van der Waals surface area contributed by atoms with Gasteiger partial charge in [0.2, 0.25) is 0 Å². The summed E-state index contributed by atoms with van der Waals surface area (Å²) in [6, 6.07) is 5.33. The molecule has 0 radical (unpaired) electrons. The molecule has 1 atom stereocenters. The van der Waals surface area contributed by atoms with Gasteiger partial charge in [0.05, 0.1) is 6.04 Å². The molecule has 2 heterocycles. The minimum Gasteiger partial charge on any atom is -0.383 e. The molecule has 4 N–H and O–H groups in total. The summed E-state index contributed by atoms with van der Waals surface area (Å²) in [5.74, 6) is -2.49. The number of nitrogens with zero attached hydrogens (tertiary/aromatic N) is 2. The first kappa shape index (κ1) is 20.1. The molecule has 1 amide bonds. The summed E-state index contributed by atoms with van der Waals surface area (Å²) in [7, 11) is -4.50. The smallest absolute Gasteiger partial charge is 0.267 e. The normalized spacial score (nSPS) is 16.7. The number of nitrogens with one attached hydrogen (secondary N) is 2. The lowest BCUT2D eigenvalue weighted by molar-refractivity contribution is -0.121. The third-order valence-corrected chi connectivity index (χ3v) is 6.28. The van der Waals surface area contributed by atoms with Crippen molar-refractivity contribution >= 4 is 32.7 Å². The number of hydrogen-bond donors (Lipinski definition) is 3. The quantitative estimate of drug-likeness (QED) is 0.572. The maximum Gasteiger partial charge on any atom is 0.267 e. The third kappa shape index (κ3) is 3.57. The molecular weight excluding hydrogens is 416 g/mol. The van der Waals surface area contributed by atoms with E-state index in [1.807, 2.05) is 4.72 Å². The van der Waals surface area contributed by atoms with Crippen molar-refractivity contribution in [2.24, 2.45) is 0 Å². The molecule has 1 saturated heterocycles. The first-order chi connectivity index (χ1) is 14.3. The van der Waals surface area contributed by atoms with Gasteiger partial charge in [0.15, 0.2) is 5.82 Å². The molecular formula is C19H17F2N5O3S. The van der Waals surface area contributed by atoms with Crippen LogP contribution in [0.4, 0.5) is 14.6 Å². The molecule has 4 rings (SSSR count). The summed E-state index contributed by atoms with van der Waals surface area (Å²) in [6.45, 7) is 0.595. The van der Waals surface area contributed by atoms with Gasteiger partial charge in [-0.05, 0) is 43.1 Å². The lowest BCUT2D eigenvalue weighted by atomic mass is 10.0. The Hall–Kier alpha value is -3.18. The monoisotopic (exact) mass is 433 g/mol. The molecule has 3 aromatic rings. The number of carbonyl (C=O) groups excluding carboxylic acids is 1. The molecule has 0 spiro atoms. The van der Waals surface area contributed by atoms with Gasteiger partial charge in [0.25, 0.3) is 15.9 Å². The second kappa shape index (κ2) is 7.58. The number of amides is 1. The summed E-state index contributed by atoms with van der Waals surface area (Å²) < 4.78 is 56.5. The molecule has 156 valence electrons. The first-order valence-electron chi connectivity index (χ1n) is 9.06. The zero-order valence-corrected chi connectivity index (χ0v) is 16.3. The molecule has 11 heteroatoms. The minimum atomic E-state index is -4.50. The van der Waals surface area contributed by atoms with Gasteiger partial charge in [-0.25, -0.2) is 31.9 Å². The first-order valence-corrected chi connectivity index (χ1v) is 10.5. The Morgan fingerprint density at radius 1 is 1.20 bits per heavy atom. The Balaban J connectivity index is 1.74. The average Bonchev–Trinajstić information content (AvgIpc) is 3.24. The lowest BCUT2D eigenvalue weighted by Gasteiger charge is -2.13. The highest BCUT2D eigenvalue weighted by atomic mass is 32.2. The zero-order valence-electron chi connectivity index (χ0n) is 15.5. The Morgan fingerprint density at radius 3 is 2.73 bits per heavy atom. The number of nitrogens with two attached hydrogens (primary N) is 1. The van der Waals surface area contributed by atoms with E-state index in [0.29, 0.717) is 18.4 Å². The van der Waals surface area contributed by atoms with Gasteiger partial charge in [-0.2, -0.15) is 0 Å². The summed E-state index contributed by atoms with van der Waals surface area (Å²) in [4.78, 5) is 19.1. The number of aromatic nitrogens is 2. The SMILES string of the molecule is Nc1ncnc2c(F)c(-c3ccc(F)c(S(=O)(=O)NC(=O)[C@@H]4CCCN4)c3)ccc12. The van der Waals surface area contributed by atoms with Crippen LogP contribution in [-0.4, -0.2) is 36.9 Å². The Morgan fingerprint density at radius 2 is 2.00 bits per heavy atom. The van der Waals surface area contributed by atoms with Crippen LogP contribution in [0.1, 0.15) is 12.8 Å².